The first-order chi connectivity index (χ1) is 11.1. The van der Waals surface area contributed by atoms with Crippen LogP contribution in [0.3, 0.4) is 0 Å². The molecule has 1 unspecified atom stereocenters. The van der Waals surface area contributed by atoms with E-state index >= 15 is 0 Å². The molecule has 0 radical (unpaired) electrons. The summed E-state index contributed by atoms with van der Waals surface area (Å²) in [5.74, 6) is 0.767. The molecular weight excluding hydrogens is 332 g/mol. The molecule has 1 saturated heterocycles. The number of thioether (sulfide) groups is 2. The normalized spacial score (nSPS) is 23.4. The van der Waals surface area contributed by atoms with E-state index < -0.39 is 12.0 Å². The molecule has 7 heteroatoms. The van der Waals surface area contributed by atoms with Crippen LogP contribution in [-0.4, -0.2) is 46.0 Å². The Hall–Kier alpha value is -1.44. The zero-order valence-corrected chi connectivity index (χ0v) is 14.4. The fourth-order valence-electron chi connectivity index (χ4n) is 2.65. The van der Waals surface area contributed by atoms with E-state index in [2.05, 4.69) is 0 Å². The van der Waals surface area contributed by atoms with Gasteiger partial charge in [-0.1, -0.05) is 30.3 Å². The molecule has 5 nitrogen and oxygen atoms in total. The van der Waals surface area contributed by atoms with Gasteiger partial charge in [-0.25, -0.2) is 4.79 Å². The minimum Gasteiger partial charge on any atom is -0.456 e. The molecule has 2 aliphatic rings. The highest BCUT2D eigenvalue weighted by molar-refractivity contribution is 8.00. The van der Waals surface area contributed by atoms with Gasteiger partial charge in [-0.3, -0.25) is 9.69 Å². The van der Waals surface area contributed by atoms with Crippen molar-refractivity contribution in [2.75, 3.05) is 17.8 Å². The largest absolute Gasteiger partial charge is 0.456 e. The molecule has 23 heavy (non-hydrogen) atoms. The van der Waals surface area contributed by atoms with Crippen molar-refractivity contribution in [1.29, 1.82) is 0 Å². The van der Waals surface area contributed by atoms with Crippen molar-refractivity contribution in [1.82, 2.24) is 4.90 Å². The fourth-order valence-corrected chi connectivity index (χ4v) is 4.65. The summed E-state index contributed by atoms with van der Waals surface area (Å²) in [5, 5.41) is -0.146. The third-order valence-corrected chi connectivity index (χ3v) is 5.81. The predicted molar refractivity (Wildman–Crippen MR) is 92.7 cm³/mol. The van der Waals surface area contributed by atoms with Gasteiger partial charge >= 0.3 is 5.97 Å². The van der Waals surface area contributed by atoms with E-state index in [4.69, 9.17) is 10.5 Å². The van der Waals surface area contributed by atoms with Gasteiger partial charge in [-0.05, 0) is 17.4 Å². The SMILES string of the molecule is CSCC1=C(C(=O)OCc2ccccc2)N2C(=O)C(N)[C@H]2SC1. The molecule has 2 N–H and O–H groups in total. The van der Waals surface area contributed by atoms with E-state index in [0.29, 0.717) is 17.2 Å². The molecular formula is C16H18N2O3S2. The van der Waals surface area contributed by atoms with Gasteiger partial charge in [-0.15, -0.1) is 11.8 Å². The van der Waals surface area contributed by atoms with Gasteiger partial charge in [0.25, 0.3) is 0 Å². The lowest BCUT2D eigenvalue weighted by Crippen LogP contribution is -2.68. The molecule has 0 spiro atoms. The summed E-state index contributed by atoms with van der Waals surface area (Å²) in [6.07, 6.45) is 1.97. The maximum Gasteiger partial charge on any atom is 0.355 e. The highest BCUT2D eigenvalue weighted by Gasteiger charge is 2.51. The van der Waals surface area contributed by atoms with Crippen LogP contribution in [0.1, 0.15) is 5.56 Å². The first-order valence-electron chi connectivity index (χ1n) is 7.25. The van der Waals surface area contributed by atoms with Gasteiger partial charge in [0.1, 0.15) is 23.7 Å². The lowest BCUT2D eigenvalue weighted by atomic mass is 10.0. The van der Waals surface area contributed by atoms with Crippen LogP contribution in [0, 0.1) is 0 Å². The molecule has 0 saturated carbocycles. The number of nitrogens with two attached hydrogens (primary N) is 1. The number of β-lactam (4-membered cyclic amide) rings is 1. The van der Waals surface area contributed by atoms with Crippen molar-refractivity contribution in [3.8, 4) is 0 Å². The lowest BCUT2D eigenvalue weighted by Gasteiger charge is -2.48. The Morgan fingerprint density at radius 1 is 1.43 bits per heavy atom. The Labute approximate surface area is 143 Å². The van der Waals surface area contributed by atoms with E-state index in [1.54, 1.807) is 23.5 Å². The molecule has 1 aromatic carbocycles. The van der Waals surface area contributed by atoms with Gasteiger partial charge in [0.15, 0.2) is 0 Å². The summed E-state index contributed by atoms with van der Waals surface area (Å²) in [4.78, 5) is 26.2. The predicted octanol–water partition coefficient (Wildman–Crippen LogP) is 1.59. The summed E-state index contributed by atoms with van der Waals surface area (Å²) >= 11 is 3.23. The number of hydrogen-bond acceptors (Lipinski definition) is 6. The number of fused-ring (bicyclic) bond motifs is 1. The van der Waals surface area contributed by atoms with E-state index in [1.807, 2.05) is 36.6 Å². The molecule has 0 bridgehead atoms. The van der Waals surface area contributed by atoms with Crippen molar-refractivity contribution in [2.45, 2.75) is 18.0 Å². The standard InChI is InChI=1S/C16H18N2O3S2/c1-22-8-11-9-23-15-12(17)14(19)18(15)13(11)16(20)21-7-10-5-3-2-4-6-10/h2-6,12,15H,7-9,17H2,1H3/t12?,15-/m1/s1. The summed E-state index contributed by atoms with van der Waals surface area (Å²) in [6, 6.07) is 8.98. The Balaban J connectivity index is 1.78. The van der Waals surface area contributed by atoms with Crippen LogP contribution < -0.4 is 5.73 Å². The molecule has 2 atom stereocenters. The monoisotopic (exact) mass is 350 g/mol. The zero-order valence-electron chi connectivity index (χ0n) is 12.7. The summed E-state index contributed by atoms with van der Waals surface area (Å²) < 4.78 is 5.43. The molecule has 122 valence electrons. The third kappa shape index (κ3) is 3.13. The van der Waals surface area contributed by atoms with E-state index in [9.17, 15) is 9.59 Å². The third-order valence-electron chi connectivity index (χ3n) is 3.81. The number of esters is 1. The molecule has 1 aromatic rings. The van der Waals surface area contributed by atoms with Crippen LogP contribution in [0.25, 0.3) is 0 Å². The average molecular weight is 350 g/mol. The molecule has 2 heterocycles. The molecule has 2 aliphatic heterocycles. The molecule has 3 rings (SSSR count). The number of rotatable bonds is 5. The van der Waals surface area contributed by atoms with Gasteiger partial charge in [0.2, 0.25) is 5.91 Å². The van der Waals surface area contributed by atoms with Crippen LogP contribution in [0.2, 0.25) is 0 Å². The van der Waals surface area contributed by atoms with E-state index in [0.717, 1.165) is 11.1 Å². The molecule has 1 amide bonds. The summed E-state index contributed by atoms with van der Waals surface area (Å²) in [6.45, 7) is 0.196. The van der Waals surface area contributed by atoms with Gasteiger partial charge < -0.3 is 10.5 Å². The number of benzene rings is 1. The quantitative estimate of drug-likeness (QED) is 0.642. The number of ether oxygens (including phenoxy) is 1. The number of nitrogens with zero attached hydrogens (tertiary/aromatic N) is 1. The first kappa shape index (κ1) is 16.4. The Bertz CT molecular complexity index is 648. The van der Waals surface area contributed by atoms with E-state index in [1.165, 1.54) is 4.90 Å². The Morgan fingerprint density at radius 3 is 2.87 bits per heavy atom. The van der Waals surface area contributed by atoms with Crippen molar-refractivity contribution < 1.29 is 14.3 Å². The molecule has 0 aliphatic carbocycles. The minimum atomic E-state index is -0.521. The zero-order chi connectivity index (χ0) is 16.4. The number of amides is 1. The average Bonchev–Trinajstić information content (AvgIpc) is 2.59. The fraction of sp³-hybridized carbons (Fsp3) is 0.375. The van der Waals surface area contributed by atoms with Crippen LogP contribution in [0.5, 0.6) is 0 Å². The van der Waals surface area contributed by atoms with Crippen LogP contribution >= 0.6 is 23.5 Å². The van der Waals surface area contributed by atoms with Crippen molar-refractivity contribution in [2.24, 2.45) is 5.73 Å². The van der Waals surface area contributed by atoms with E-state index in [-0.39, 0.29) is 17.9 Å². The highest BCUT2D eigenvalue weighted by Crippen LogP contribution is 2.40. The minimum absolute atomic E-state index is 0.146. The van der Waals surface area contributed by atoms with Crippen molar-refractivity contribution in [3.05, 3.63) is 47.2 Å². The van der Waals surface area contributed by atoms with Crippen LogP contribution in [-0.2, 0) is 20.9 Å². The van der Waals surface area contributed by atoms with Crippen molar-refractivity contribution in [3.63, 3.8) is 0 Å². The number of carbonyl (C=O) groups excluding carboxylic acids is 2. The maximum absolute atomic E-state index is 12.6. The Morgan fingerprint density at radius 2 is 2.17 bits per heavy atom. The van der Waals surface area contributed by atoms with Crippen molar-refractivity contribution >= 4 is 35.4 Å². The van der Waals surface area contributed by atoms with Gasteiger partial charge in [0, 0.05) is 11.5 Å². The highest BCUT2D eigenvalue weighted by atomic mass is 32.2. The lowest BCUT2D eigenvalue weighted by molar-refractivity contribution is -0.151. The molecule has 0 aromatic heterocycles. The summed E-state index contributed by atoms with van der Waals surface area (Å²) in [5.41, 5.74) is 8.09. The first-order valence-corrected chi connectivity index (χ1v) is 9.70. The maximum atomic E-state index is 12.6. The van der Waals surface area contributed by atoms with Crippen LogP contribution in [0.15, 0.2) is 41.6 Å². The second-order valence-corrected chi connectivity index (χ2v) is 7.35. The second-order valence-electron chi connectivity index (χ2n) is 5.38. The number of hydrogen-bond donors (Lipinski definition) is 1. The summed E-state index contributed by atoms with van der Waals surface area (Å²) in [7, 11) is 0. The topological polar surface area (TPSA) is 72.6 Å². The van der Waals surface area contributed by atoms with Gasteiger partial charge in [-0.2, -0.15) is 11.8 Å². The van der Waals surface area contributed by atoms with Gasteiger partial charge in [0.05, 0.1) is 0 Å². The number of carbonyl (C=O) groups is 2. The smallest absolute Gasteiger partial charge is 0.355 e. The van der Waals surface area contributed by atoms with Crippen LogP contribution in [0.4, 0.5) is 0 Å². The Kier molecular flexibility index (Phi) is 4.99. The second kappa shape index (κ2) is 6.98. The molecule has 1 fully saturated rings.